The van der Waals surface area contributed by atoms with Gasteiger partial charge in [-0.1, -0.05) is 0 Å². The Morgan fingerprint density at radius 1 is 1.33 bits per heavy atom. The van der Waals surface area contributed by atoms with Crippen molar-refractivity contribution >= 4 is 5.82 Å². The van der Waals surface area contributed by atoms with E-state index < -0.39 is 0 Å². The van der Waals surface area contributed by atoms with Crippen molar-refractivity contribution in [2.24, 2.45) is 5.73 Å². The van der Waals surface area contributed by atoms with Gasteiger partial charge in [-0.3, -0.25) is 0 Å². The van der Waals surface area contributed by atoms with Crippen LogP contribution in [0, 0.1) is 0 Å². The summed E-state index contributed by atoms with van der Waals surface area (Å²) in [4.78, 5) is 13.1. The molecule has 2 heterocycles. The van der Waals surface area contributed by atoms with Gasteiger partial charge in [0.15, 0.2) is 0 Å². The molecule has 1 aromatic heterocycles. The van der Waals surface area contributed by atoms with Crippen molar-refractivity contribution in [2.75, 3.05) is 38.1 Å². The first kappa shape index (κ1) is 10.3. The Bertz CT molecular complexity index is 319. The molecule has 0 saturated carbocycles. The molecule has 1 fully saturated rings. The monoisotopic (exact) mass is 207 g/mol. The van der Waals surface area contributed by atoms with Crippen molar-refractivity contribution in [3.63, 3.8) is 0 Å². The molecule has 1 saturated heterocycles. The molecule has 5 heteroatoms. The number of nitrogens with two attached hydrogens (primary N) is 1. The van der Waals surface area contributed by atoms with E-state index in [4.69, 9.17) is 5.73 Å². The number of aromatic nitrogens is 2. The molecule has 0 aromatic carbocycles. The topological polar surface area (TPSA) is 58.3 Å². The highest BCUT2D eigenvalue weighted by Crippen LogP contribution is 2.12. The third-order valence-electron chi connectivity index (χ3n) is 2.70. The van der Waals surface area contributed by atoms with E-state index in [0.29, 0.717) is 12.4 Å². The smallest absolute Gasteiger partial charge is 0.144 e. The highest BCUT2D eigenvalue weighted by atomic mass is 15.3. The summed E-state index contributed by atoms with van der Waals surface area (Å²) in [6.07, 6.45) is 1.78. The fraction of sp³-hybridized carbons (Fsp3) is 0.600. The summed E-state index contributed by atoms with van der Waals surface area (Å²) in [6.45, 7) is 4.63. The van der Waals surface area contributed by atoms with Gasteiger partial charge < -0.3 is 15.5 Å². The standard InChI is InChI=1S/C10H17N5/c1-14-4-6-15(7-5-14)10-2-3-12-9(8-11)13-10/h2-3H,4-8,11H2,1H3. The number of piperazine rings is 1. The number of hydrogen-bond donors (Lipinski definition) is 1. The Balaban J connectivity index is 2.08. The fourth-order valence-corrected chi connectivity index (χ4v) is 1.70. The maximum atomic E-state index is 5.52. The molecule has 2 rings (SSSR count). The van der Waals surface area contributed by atoms with Gasteiger partial charge in [-0.2, -0.15) is 0 Å². The molecular formula is C10H17N5. The lowest BCUT2D eigenvalue weighted by molar-refractivity contribution is 0.312. The largest absolute Gasteiger partial charge is 0.354 e. The minimum atomic E-state index is 0.404. The third kappa shape index (κ3) is 2.43. The van der Waals surface area contributed by atoms with Gasteiger partial charge in [-0.15, -0.1) is 0 Å². The first-order valence-electron chi connectivity index (χ1n) is 5.25. The summed E-state index contributed by atoms with van der Waals surface area (Å²) in [5.41, 5.74) is 5.52. The van der Waals surface area contributed by atoms with Gasteiger partial charge in [0, 0.05) is 32.4 Å². The van der Waals surface area contributed by atoms with E-state index in [9.17, 15) is 0 Å². The molecule has 0 aliphatic carbocycles. The predicted molar refractivity (Wildman–Crippen MR) is 59.6 cm³/mol. The van der Waals surface area contributed by atoms with Crippen LogP contribution < -0.4 is 10.6 Å². The Morgan fingerprint density at radius 3 is 2.73 bits per heavy atom. The van der Waals surface area contributed by atoms with Gasteiger partial charge in [0.25, 0.3) is 0 Å². The molecule has 0 radical (unpaired) electrons. The average Bonchev–Trinajstić information content (AvgIpc) is 2.30. The maximum Gasteiger partial charge on any atom is 0.144 e. The van der Waals surface area contributed by atoms with Crippen molar-refractivity contribution in [3.05, 3.63) is 18.1 Å². The fourth-order valence-electron chi connectivity index (χ4n) is 1.70. The van der Waals surface area contributed by atoms with Gasteiger partial charge in [0.05, 0.1) is 6.54 Å². The van der Waals surface area contributed by atoms with E-state index >= 15 is 0 Å². The van der Waals surface area contributed by atoms with E-state index in [-0.39, 0.29) is 0 Å². The summed E-state index contributed by atoms with van der Waals surface area (Å²) in [5.74, 6) is 1.71. The molecule has 0 unspecified atom stereocenters. The summed E-state index contributed by atoms with van der Waals surface area (Å²) < 4.78 is 0. The van der Waals surface area contributed by atoms with Gasteiger partial charge in [-0.25, -0.2) is 9.97 Å². The number of nitrogens with zero attached hydrogens (tertiary/aromatic N) is 4. The lowest BCUT2D eigenvalue weighted by atomic mass is 10.3. The number of hydrogen-bond acceptors (Lipinski definition) is 5. The van der Waals surface area contributed by atoms with Crippen LogP contribution >= 0.6 is 0 Å². The van der Waals surface area contributed by atoms with E-state index in [2.05, 4.69) is 26.8 Å². The zero-order valence-corrected chi connectivity index (χ0v) is 9.06. The molecule has 1 aromatic rings. The molecule has 2 N–H and O–H groups in total. The third-order valence-corrected chi connectivity index (χ3v) is 2.70. The maximum absolute atomic E-state index is 5.52. The molecule has 0 amide bonds. The Labute approximate surface area is 89.9 Å². The zero-order valence-electron chi connectivity index (χ0n) is 9.06. The quantitative estimate of drug-likeness (QED) is 0.720. The zero-order chi connectivity index (χ0) is 10.7. The Hall–Kier alpha value is -1.20. The second-order valence-corrected chi connectivity index (χ2v) is 3.83. The van der Waals surface area contributed by atoms with E-state index in [1.54, 1.807) is 6.20 Å². The van der Waals surface area contributed by atoms with Crippen molar-refractivity contribution < 1.29 is 0 Å². The van der Waals surface area contributed by atoms with Crippen LogP contribution in [0.1, 0.15) is 5.82 Å². The SMILES string of the molecule is CN1CCN(c2ccnc(CN)n2)CC1. The highest BCUT2D eigenvalue weighted by molar-refractivity contribution is 5.38. The van der Waals surface area contributed by atoms with Crippen molar-refractivity contribution in [2.45, 2.75) is 6.54 Å². The summed E-state index contributed by atoms with van der Waals surface area (Å²) in [5, 5.41) is 0. The van der Waals surface area contributed by atoms with Gasteiger partial charge in [0.1, 0.15) is 11.6 Å². The Kier molecular flexibility index (Phi) is 3.13. The lowest BCUT2D eigenvalue weighted by Gasteiger charge is -2.33. The highest BCUT2D eigenvalue weighted by Gasteiger charge is 2.15. The molecule has 5 nitrogen and oxygen atoms in total. The Morgan fingerprint density at radius 2 is 2.07 bits per heavy atom. The van der Waals surface area contributed by atoms with Crippen LogP contribution in [-0.2, 0) is 6.54 Å². The molecule has 0 bridgehead atoms. The summed E-state index contributed by atoms with van der Waals surface area (Å²) >= 11 is 0. The van der Waals surface area contributed by atoms with E-state index in [1.807, 2.05) is 6.07 Å². The molecule has 1 aliphatic heterocycles. The molecule has 1 aliphatic rings. The van der Waals surface area contributed by atoms with Crippen molar-refractivity contribution in [3.8, 4) is 0 Å². The normalized spacial score (nSPS) is 18.1. The van der Waals surface area contributed by atoms with Crippen molar-refractivity contribution in [1.82, 2.24) is 14.9 Å². The first-order valence-corrected chi connectivity index (χ1v) is 5.25. The van der Waals surface area contributed by atoms with Crippen molar-refractivity contribution in [1.29, 1.82) is 0 Å². The molecule has 82 valence electrons. The molecule has 0 spiro atoms. The molecule has 15 heavy (non-hydrogen) atoms. The van der Waals surface area contributed by atoms with E-state index in [0.717, 1.165) is 32.0 Å². The van der Waals surface area contributed by atoms with Crippen LogP contribution in [0.15, 0.2) is 12.3 Å². The first-order chi connectivity index (χ1) is 7.29. The van der Waals surface area contributed by atoms with Crippen LogP contribution in [0.2, 0.25) is 0 Å². The van der Waals surface area contributed by atoms with Crippen LogP contribution in [-0.4, -0.2) is 48.1 Å². The summed E-state index contributed by atoms with van der Waals surface area (Å²) in [7, 11) is 2.14. The van der Waals surface area contributed by atoms with Crippen LogP contribution in [0.25, 0.3) is 0 Å². The number of anilines is 1. The van der Waals surface area contributed by atoms with E-state index in [1.165, 1.54) is 0 Å². The average molecular weight is 207 g/mol. The van der Waals surface area contributed by atoms with Crippen LogP contribution in [0.3, 0.4) is 0 Å². The molecular weight excluding hydrogens is 190 g/mol. The van der Waals surface area contributed by atoms with Gasteiger partial charge in [-0.05, 0) is 13.1 Å². The lowest BCUT2D eigenvalue weighted by Crippen LogP contribution is -2.44. The second kappa shape index (κ2) is 4.55. The van der Waals surface area contributed by atoms with Crippen LogP contribution in [0.5, 0.6) is 0 Å². The second-order valence-electron chi connectivity index (χ2n) is 3.83. The number of rotatable bonds is 2. The number of likely N-dealkylation sites (N-methyl/N-ethyl adjacent to an activating group) is 1. The summed E-state index contributed by atoms with van der Waals surface area (Å²) in [6, 6.07) is 1.95. The van der Waals surface area contributed by atoms with Gasteiger partial charge >= 0.3 is 0 Å². The van der Waals surface area contributed by atoms with Crippen LogP contribution in [0.4, 0.5) is 5.82 Å². The minimum absolute atomic E-state index is 0.404. The minimum Gasteiger partial charge on any atom is -0.354 e. The molecule has 0 atom stereocenters. The predicted octanol–water partition coefficient (Wildman–Crippen LogP) is -0.313. The van der Waals surface area contributed by atoms with Gasteiger partial charge in [0.2, 0.25) is 0 Å².